The van der Waals surface area contributed by atoms with Crippen LogP contribution >= 0.6 is 0 Å². The lowest BCUT2D eigenvalue weighted by molar-refractivity contribution is -0.225. The fourth-order valence-corrected chi connectivity index (χ4v) is 9.86. The third kappa shape index (κ3) is 4.54. The van der Waals surface area contributed by atoms with E-state index in [9.17, 15) is 19.8 Å². The molecule has 4 aliphatic rings. The summed E-state index contributed by atoms with van der Waals surface area (Å²) in [5.74, 6) is 1.84. The van der Waals surface area contributed by atoms with Crippen molar-refractivity contribution in [2.45, 2.75) is 111 Å². The van der Waals surface area contributed by atoms with Crippen LogP contribution in [0.3, 0.4) is 0 Å². The minimum absolute atomic E-state index is 0.0425. The van der Waals surface area contributed by atoms with Gasteiger partial charge < -0.3 is 15.5 Å². The Kier molecular flexibility index (Phi) is 7.63. The molecule has 200 valence electrons. The summed E-state index contributed by atoms with van der Waals surface area (Å²) in [5, 5.41) is 33.3. The lowest BCUT2D eigenvalue weighted by atomic mass is 9.38. The molecule has 2 amide bonds. The van der Waals surface area contributed by atoms with E-state index in [-0.39, 0.29) is 47.3 Å². The molecular formula is C28H48N2O5. The van der Waals surface area contributed by atoms with Crippen LogP contribution in [0.5, 0.6) is 0 Å². The van der Waals surface area contributed by atoms with Crippen molar-refractivity contribution in [2.75, 3.05) is 6.54 Å². The summed E-state index contributed by atoms with van der Waals surface area (Å²) in [4.78, 5) is 23.4. The van der Waals surface area contributed by atoms with Crippen LogP contribution in [0, 0.1) is 45.8 Å². The highest BCUT2D eigenvalue weighted by Gasteiger charge is 2.68. The van der Waals surface area contributed by atoms with Crippen molar-refractivity contribution in [3.8, 4) is 0 Å². The second-order valence-corrected chi connectivity index (χ2v) is 13.2. The smallest absolute Gasteiger partial charge is 0.245 e. The molecule has 4 aliphatic carbocycles. The molecule has 0 unspecified atom stereocenters. The Balaban J connectivity index is 1.42. The van der Waals surface area contributed by atoms with Gasteiger partial charge in [0.1, 0.15) is 0 Å². The largest absolute Gasteiger partial charge is 0.393 e. The van der Waals surface area contributed by atoms with Crippen LogP contribution in [0.25, 0.3) is 0 Å². The van der Waals surface area contributed by atoms with Crippen molar-refractivity contribution in [2.24, 2.45) is 45.8 Å². The summed E-state index contributed by atoms with van der Waals surface area (Å²) in [6.45, 7) is 9.83. The van der Waals surface area contributed by atoms with Crippen molar-refractivity contribution in [3.63, 3.8) is 0 Å². The van der Waals surface area contributed by atoms with Crippen LogP contribution in [0.1, 0.15) is 98.3 Å². The molecule has 0 spiro atoms. The van der Waals surface area contributed by atoms with Crippen LogP contribution in [0.15, 0.2) is 0 Å². The van der Waals surface area contributed by atoms with E-state index >= 15 is 0 Å². The molecule has 0 aliphatic heterocycles. The number of fused-ring (bicyclic) bond motifs is 5. The highest BCUT2D eigenvalue weighted by molar-refractivity contribution is 5.78. The number of aliphatic hydroxyl groups excluding tert-OH is 2. The molecule has 7 heteroatoms. The van der Waals surface area contributed by atoms with Gasteiger partial charge in [0.2, 0.25) is 11.8 Å². The number of carbonyl (C=O) groups excluding carboxylic acids is 2. The van der Waals surface area contributed by atoms with Crippen LogP contribution in [0.4, 0.5) is 0 Å². The number of hydrogen-bond acceptors (Lipinski definition) is 5. The average molecular weight is 493 g/mol. The van der Waals surface area contributed by atoms with E-state index in [2.05, 4.69) is 33.0 Å². The summed E-state index contributed by atoms with van der Waals surface area (Å²) in [5.41, 5.74) is 1.89. The quantitative estimate of drug-likeness (QED) is 0.274. The Morgan fingerprint density at radius 2 is 1.60 bits per heavy atom. The Morgan fingerprint density at radius 3 is 2.31 bits per heavy atom. The normalized spacial score (nSPS) is 45.6. The van der Waals surface area contributed by atoms with Crippen molar-refractivity contribution < 1.29 is 25.0 Å². The van der Waals surface area contributed by atoms with Gasteiger partial charge in [-0.15, -0.1) is 0 Å². The highest BCUT2D eigenvalue weighted by Crippen LogP contribution is 2.73. The van der Waals surface area contributed by atoms with Gasteiger partial charge in [0, 0.05) is 24.8 Å². The zero-order valence-electron chi connectivity index (χ0n) is 22.2. The Hall–Kier alpha value is -1.18. The molecule has 0 heterocycles. The predicted molar refractivity (Wildman–Crippen MR) is 133 cm³/mol. The minimum Gasteiger partial charge on any atom is -0.393 e. The number of aliphatic hydroxyl groups is 2. The summed E-state index contributed by atoms with van der Waals surface area (Å²) in [6, 6.07) is 0. The Bertz CT molecular complexity index is 806. The standard InChI is InChI=1S/C28H48N2O5/c1-17(5-8-24(33)29-14-11-25(34)30-35)20-6-7-21-27(20,3)13-10-22-26(2)12-9-19(31)15-18(26)16-23(32)28(21,22)4/h17-23,31-32,35H,5-16H2,1-4H3,(H,29,33)(H,30,34)/t17-,18+,19-,20-,21-,22-,23+,26+,27-,28+/m1/s1. The van der Waals surface area contributed by atoms with Crippen LogP contribution < -0.4 is 10.8 Å². The molecule has 0 radical (unpaired) electrons. The first-order valence-corrected chi connectivity index (χ1v) is 14.0. The van der Waals surface area contributed by atoms with Crippen molar-refractivity contribution in [1.82, 2.24) is 10.8 Å². The van der Waals surface area contributed by atoms with E-state index < -0.39 is 5.91 Å². The molecule has 0 aromatic heterocycles. The van der Waals surface area contributed by atoms with Crippen LogP contribution in [-0.2, 0) is 9.59 Å². The maximum absolute atomic E-state index is 12.3. The number of hydrogen-bond donors (Lipinski definition) is 5. The van der Waals surface area contributed by atoms with Gasteiger partial charge >= 0.3 is 0 Å². The zero-order chi connectivity index (χ0) is 25.6. The molecule has 0 bridgehead atoms. The Labute approximate surface area is 210 Å². The van der Waals surface area contributed by atoms with Crippen molar-refractivity contribution >= 4 is 11.8 Å². The minimum atomic E-state index is -0.498. The molecule has 4 rings (SSSR count). The topological polar surface area (TPSA) is 119 Å². The molecule has 0 saturated heterocycles. The first-order chi connectivity index (χ1) is 16.5. The molecule has 5 N–H and O–H groups in total. The van der Waals surface area contributed by atoms with E-state index in [0.717, 1.165) is 51.4 Å². The SMILES string of the molecule is C[C@H](CCC(=O)NCCC(=O)NO)[C@H]1CC[C@@H]2[C@]1(C)CC[C@@H]1[C@@]3(C)CC[C@@H](O)C[C@H]3C[C@H](O)[C@]12C. The summed E-state index contributed by atoms with van der Waals surface area (Å²) >= 11 is 0. The monoisotopic (exact) mass is 492 g/mol. The molecule has 4 saturated carbocycles. The van der Waals surface area contributed by atoms with Gasteiger partial charge in [-0.2, -0.15) is 0 Å². The first kappa shape index (κ1) is 26.9. The van der Waals surface area contributed by atoms with Crippen molar-refractivity contribution in [1.29, 1.82) is 0 Å². The highest BCUT2D eigenvalue weighted by atomic mass is 16.5. The van der Waals surface area contributed by atoms with Gasteiger partial charge in [-0.1, -0.05) is 27.7 Å². The second kappa shape index (κ2) is 9.94. The second-order valence-electron chi connectivity index (χ2n) is 13.2. The summed E-state index contributed by atoms with van der Waals surface area (Å²) in [7, 11) is 0. The van der Waals surface area contributed by atoms with Gasteiger partial charge in [-0.3, -0.25) is 14.8 Å². The van der Waals surface area contributed by atoms with E-state index in [1.807, 2.05) is 0 Å². The number of carbonyl (C=O) groups is 2. The molecule has 0 aromatic carbocycles. The maximum Gasteiger partial charge on any atom is 0.245 e. The Morgan fingerprint density at radius 1 is 0.914 bits per heavy atom. The summed E-state index contributed by atoms with van der Waals surface area (Å²) in [6.07, 6.45) is 9.11. The maximum atomic E-state index is 12.3. The molecule has 4 fully saturated rings. The third-order valence-electron chi connectivity index (χ3n) is 11.7. The lowest BCUT2D eigenvalue weighted by Crippen LogP contribution is -2.64. The van der Waals surface area contributed by atoms with Crippen molar-refractivity contribution in [3.05, 3.63) is 0 Å². The molecule has 7 nitrogen and oxygen atoms in total. The molecule has 0 aromatic rings. The van der Waals surface area contributed by atoms with E-state index in [1.54, 1.807) is 5.48 Å². The van der Waals surface area contributed by atoms with Gasteiger partial charge in [-0.05, 0) is 98.2 Å². The molecule has 35 heavy (non-hydrogen) atoms. The average Bonchev–Trinajstić information content (AvgIpc) is 3.17. The van der Waals surface area contributed by atoms with E-state index in [4.69, 9.17) is 5.21 Å². The molecular weight excluding hydrogens is 444 g/mol. The number of amides is 2. The fourth-order valence-electron chi connectivity index (χ4n) is 9.86. The number of hydroxylamine groups is 1. The van der Waals surface area contributed by atoms with Gasteiger partial charge in [0.05, 0.1) is 12.2 Å². The lowest BCUT2D eigenvalue weighted by Gasteiger charge is -2.67. The number of rotatable bonds is 7. The predicted octanol–water partition coefficient (Wildman–Crippen LogP) is 3.80. The number of nitrogens with one attached hydrogen (secondary N) is 2. The van der Waals surface area contributed by atoms with Gasteiger partial charge in [0.25, 0.3) is 0 Å². The van der Waals surface area contributed by atoms with Crippen LogP contribution in [-0.4, -0.2) is 46.0 Å². The van der Waals surface area contributed by atoms with Gasteiger partial charge in [0.15, 0.2) is 0 Å². The van der Waals surface area contributed by atoms with Gasteiger partial charge in [-0.25, -0.2) is 5.48 Å². The summed E-state index contributed by atoms with van der Waals surface area (Å²) < 4.78 is 0. The van der Waals surface area contributed by atoms with E-state index in [0.29, 0.717) is 36.0 Å². The third-order valence-corrected chi connectivity index (χ3v) is 11.7. The fraction of sp³-hybridized carbons (Fsp3) is 0.929. The van der Waals surface area contributed by atoms with Crippen LogP contribution in [0.2, 0.25) is 0 Å². The van der Waals surface area contributed by atoms with E-state index in [1.165, 1.54) is 6.42 Å². The first-order valence-electron chi connectivity index (χ1n) is 14.0. The molecule has 10 atom stereocenters. The zero-order valence-corrected chi connectivity index (χ0v) is 22.2.